The van der Waals surface area contributed by atoms with E-state index in [1.807, 2.05) is 44.9 Å². The minimum atomic E-state index is -0.0605. The average molecular weight is 428 g/mol. The summed E-state index contributed by atoms with van der Waals surface area (Å²) >= 11 is 5.59. The van der Waals surface area contributed by atoms with Crippen molar-refractivity contribution < 1.29 is 15.3 Å². The molecule has 3 rings (SSSR count). The summed E-state index contributed by atoms with van der Waals surface area (Å²) in [5.74, 6) is 0.373. The highest BCUT2D eigenvalue weighted by molar-refractivity contribution is 7.80. The molecule has 1 unspecified atom stereocenters. The number of thiocarbonyl (C=S) groups is 1. The largest absolute Gasteiger partial charge is 0.508 e. The highest BCUT2D eigenvalue weighted by atomic mass is 32.1. The van der Waals surface area contributed by atoms with Gasteiger partial charge in [0.15, 0.2) is 0 Å². The second kappa shape index (κ2) is 8.92. The third-order valence-electron chi connectivity index (χ3n) is 5.65. The van der Waals surface area contributed by atoms with Crippen molar-refractivity contribution in [3.8, 4) is 17.2 Å². The zero-order valence-electron chi connectivity index (χ0n) is 17.8. The van der Waals surface area contributed by atoms with Crippen molar-refractivity contribution in [1.29, 1.82) is 0 Å². The van der Waals surface area contributed by atoms with E-state index in [0.717, 1.165) is 23.4 Å². The highest BCUT2D eigenvalue weighted by Crippen LogP contribution is 2.36. The zero-order valence-corrected chi connectivity index (χ0v) is 18.6. The van der Waals surface area contributed by atoms with Crippen LogP contribution in [0.5, 0.6) is 17.2 Å². The molecule has 4 N–H and O–H groups in total. The number of benzene rings is 2. The summed E-state index contributed by atoms with van der Waals surface area (Å²) in [5, 5.41) is 35.2. The van der Waals surface area contributed by atoms with Crippen LogP contribution in [0, 0.1) is 0 Å². The number of hydrazone groups is 1. The molecule has 2 aromatic rings. The molecule has 0 radical (unpaired) electrons. The molecule has 0 bridgehead atoms. The number of phenolic OH excluding ortho intramolecular Hbond substituents is 3. The molecule has 0 spiro atoms. The van der Waals surface area contributed by atoms with Crippen molar-refractivity contribution in [3.05, 3.63) is 47.0 Å². The Kier molecular flexibility index (Phi) is 6.51. The lowest BCUT2D eigenvalue weighted by atomic mass is 9.90. The molecular weight excluding hydrogens is 398 g/mol. The van der Waals surface area contributed by atoms with E-state index >= 15 is 0 Å². The number of anilines is 1. The van der Waals surface area contributed by atoms with E-state index in [9.17, 15) is 15.3 Å². The first-order valence-corrected chi connectivity index (χ1v) is 10.6. The molecular formula is C23H29N3O3S. The van der Waals surface area contributed by atoms with Gasteiger partial charge in [0, 0.05) is 31.1 Å². The van der Waals surface area contributed by atoms with Gasteiger partial charge >= 0.3 is 0 Å². The molecule has 7 heteroatoms. The third kappa shape index (κ3) is 4.36. The Balaban J connectivity index is 1.90. The number of hydrogen-bond acceptors (Lipinski definition) is 6. The van der Waals surface area contributed by atoms with Gasteiger partial charge in [-0.3, -0.25) is 5.43 Å². The first kappa shape index (κ1) is 21.9. The van der Waals surface area contributed by atoms with E-state index in [0.29, 0.717) is 29.1 Å². The van der Waals surface area contributed by atoms with E-state index in [1.54, 1.807) is 12.1 Å². The van der Waals surface area contributed by atoms with Crippen molar-refractivity contribution >= 4 is 28.6 Å². The van der Waals surface area contributed by atoms with Crippen LogP contribution < -0.4 is 10.3 Å². The SMILES string of the molecule is CCN(C)c1cc(C2CCC(c3cc(C(C)C)c(O)cc3O)=NNC2=S)ccc1O. The molecule has 0 saturated carbocycles. The van der Waals surface area contributed by atoms with Crippen molar-refractivity contribution in [1.82, 2.24) is 5.43 Å². The Morgan fingerprint density at radius 2 is 1.87 bits per heavy atom. The zero-order chi connectivity index (χ0) is 22.0. The number of nitrogens with zero attached hydrogens (tertiary/aromatic N) is 2. The summed E-state index contributed by atoms with van der Waals surface area (Å²) in [6.07, 6.45) is 1.32. The molecule has 0 aliphatic carbocycles. The van der Waals surface area contributed by atoms with Crippen molar-refractivity contribution in [2.75, 3.05) is 18.5 Å². The molecule has 1 aliphatic heterocycles. The lowest BCUT2D eigenvalue weighted by Gasteiger charge is -2.22. The monoisotopic (exact) mass is 427 g/mol. The number of aromatic hydroxyl groups is 3. The van der Waals surface area contributed by atoms with E-state index in [-0.39, 0.29) is 29.1 Å². The maximum atomic E-state index is 10.4. The van der Waals surface area contributed by atoms with Crippen LogP contribution in [0.3, 0.4) is 0 Å². The van der Waals surface area contributed by atoms with Crippen LogP contribution in [0.1, 0.15) is 62.1 Å². The Hall–Kier alpha value is -2.80. The van der Waals surface area contributed by atoms with Gasteiger partial charge in [-0.25, -0.2) is 0 Å². The van der Waals surface area contributed by atoms with Gasteiger partial charge in [0.25, 0.3) is 0 Å². The van der Waals surface area contributed by atoms with Gasteiger partial charge in [-0.2, -0.15) is 5.10 Å². The van der Waals surface area contributed by atoms with Gasteiger partial charge in [0.05, 0.1) is 11.4 Å². The van der Waals surface area contributed by atoms with Crippen LogP contribution in [0.15, 0.2) is 35.4 Å². The molecule has 1 heterocycles. The summed E-state index contributed by atoms with van der Waals surface area (Å²) in [7, 11) is 1.93. The summed E-state index contributed by atoms with van der Waals surface area (Å²) in [5.41, 5.74) is 6.82. The molecule has 2 aromatic carbocycles. The molecule has 0 saturated heterocycles. The van der Waals surface area contributed by atoms with Crippen LogP contribution in [0.4, 0.5) is 5.69 Å². The molecule has 0 fully saturated rings. The Labute approximate surface area is 182 Å². The summed E-state index contributed by atoms with van der Waals surface area (Å²) in [6, 6.07) is 8.74. The smallest absolute Gasteiger partial charge is 0.138 e. The maximum Gasteiger partial charge on any atom is 0.138 e. The Bertz CT molecular complexity index is 988. The number of phenols is 3. The molecule has 6 nitrogen and oxygen atoms in total. The first-order valence-electron chi connectivity index (χ1n) is 10.2. The molecule has 30 heavy (non-hydrogen) atoms. The number of rotatable bonds is 5. The van der Waals surface area contributed by atoms with E-state index < -0.39 is 0 Å². The predicted octanol–water partition coefficient (Wildman–Crippen LogP) is 4.58. The summed E-state index contributed by atoms with van der Waals surface area (Å²) in [6.45, 7) is 6.78. The van der Waals surface area contributed by atoms with Crippen molar-refractivity contribution in [2.45, 2.75) is 45.4 Å². The number of nitrogens with one attached hydrogen (secondary N) is 1. The standard InChI is InChI=1S/C23H29N3O3S/c1-5-26(4)19-10-14(6-9-20(19)27)15-7-8-18(24-25-23(15)30)17-11-16(13(2)3)21(28)12-22(17)29/h6,9-13,15,27-29H,5,7-8H2,1-4H3,(H,25,30). The molecule has 0 amide bonds. The van der Waals surface area contributed by atoms with Crippen LogP contribution in [-0.4, -0.2) is 39.6 Å². The Morgan fingerprint density at radius 3 is 2.53 bits per heavy atom. The van der Waals surface area contributed by atoms with Crippen LogP contribution >= 0.6 is 12.2 Å². The van der Waals surface area contributed by atoms with Gasteiger partial charge in [-0.15, -0.1) is 0 Å². The topological polar surface area (TPSA) is 88.3 Å². The maximum absolute atomic E-state index is 10.4. The van der Waals surface area contributed by atoms with Crippen LogP contribution in [0.25, 0.3) is 0 Å². The fourth-order valence-corrected chi connectivity index (χ4v) is 4.00. The first-order chi connectivity index (χ1) is 14.2. The van der Waals surface area contributed by atoms with Crippen molar-refractivity contribution in [2.24, 2.45) is 5.10 Å². The van der Waals surface area contributed by atoms with E-state index in [2.05, 4.69) is 10.5 Å². The predicted molar refractivity (Wildman–Crippen MR) is 125 cm³/mol. The summed E-state index contributed by atoms with van der Waals surface area (Å²) in [4.78, 5) is 2.58. The highest BCUT2D eigenvalue weighted by Gasteiger charge is 2.24. The van der Waals surface area contributed by atoms with Gasteiger partial charge in [-0.1, -0.05) is 32.1 Å². The summed E-state index contributed by atoms with van der Waals surface area (Å²) < 4.78 is 0. The second-order valence-electron chi connectivity index (χ2n) is 7.97. The van der Waals surface area contributed by atoms with E-state index in [4.69, 9.17) is 12.2 Å². The molecule has 1 aliphatic rings. The van der Waals surface area contributed by atoms with Gasteiger partial charge < -0.3 is 20.2 Å². The quantitative estimate of drug-likeness (QED) is 0.523. The normalized spacial score (nSPS) is 16.8. The average Bonchev–Trinajstić information content (AvgIpc) is 2.89. The fourth-order valence-electron chi connectivity index (χ4n) is 3.70. The molecule has 1 atom stereocenters. The van der Waals surface area contributed by atoms with E-state index in [1.165, 1.54) is 6.07 Å². The lowest BCUT2D eigenvalue weighted by molar-refractivity contribution is 0.443. The lowest BCUT2D eigenvalue weighted by Crippen LogP contribution is -2.22. The Morgan fingerprint density at radius 1 is 1.13 bits per heavy atom. The third-order valence-corrected chi connectivity index (χ3v) is 6.03. The van der Waals surface area contributed by atoms with Gasteiger partial charge in [0.1, 0.15) is 22.2 Å². The van der Waals surface area contributed by atoms with Crippen molar-refractivity contribution in [3.63, 3.8) is 0 Å². The van der Waals surface area contributed by atoms with Gasteiger partial charge in [-0.05, 0) is 55.0 Å². The molecule has 0 aromatic heterocycles. The fraction of sp³-hybridized carbons (Fsp3) is 0.391. The van der Waals surface area contributed by atoms with Gasteiger partial charge in [0.2, 0.25) is 0 Å². The van der Waals surface area contributed by atoms with Crippen LogP contribution in [0.2, 0.25) is 0 Å². The van der Waals surface area contributed by atoms with Crippen LogP contribution in [-0.2, 0) is 0 Å². The minimum Gasteiger partial charge on any atom is -0.508 e. The minimum absolute atomic E-state index is 0.00157. The molecule has 160 valence electrons. The second-order valence-corrected chi connectivity index (χ2v) is 8.41. The number of hydrogen-bond donors (Lipinski definition) is 4.